The second kappa shape index (κ2) is 5.26. The Balaban J connectivity index is 1.45. The lowest BCUT2D eigenvalue weighted by atomic mass is 9.50. The molecule has 5 rings (SSSR count). The van der Waals surface area contributed by atoms with E-state index in [0.717, 1.165) is 55.6 Å². The highest BCUT2D eigenvalue weighted by Crippen LogP contribution is 2.67. The zero-order valence-electron chi connectivity index (χ0n) is 14.6. The van der Waals surface area contributed by atoms with Gasteiger partial charge in [0, 0.05) is 11.8 Å². The van der Waals surface area contributed by atoms with E-state index in [0.29, 0.717) is 11.7 Å². The molecule has 132 valence electrons. The van der Waals surface area contributed by atoms with Crippen molar-refractivity contribution < 1.29 is 13.2 Å². The fraction of sp³-hybridized carbons (Fsp3) is 0.850. The number of ketones is 1. The normalized spacial score (nSPS) is 53.5. The van der Waals surface area contributed by atoms with Crippen molar-refractivity contribution in [3.05, 3.63) is 11.6 Å². The summed E-state index contributed by atoms with van der Waals surface area (Å²) in [5.41, 5.74) is 1.57. The van der Waals surface area contributed by atoms with Gasteiger partial charge in [0.2, 0.25) is 0 Å². The van der Waals surface area contributed by atoms with E-state index < -0.39 is 11.1 Å². The van der Waals surface area contributed by atoms with E-state index in [1.165, 1.54) is 31.3 Å². The Bertz CT molecular complexity index is 641. The lowest BCUT2D eigenvalue weighted by Gasteiger charge is -2.55. The number of carbonyl (C=O) groups is 1. The van der Waals surface area contributed by atoms with E-state index in [-0.39, 0.29) is 11.0 Å². The molecular weight excluding hydrogens is 320 g/mol. The SMILES string of the molecule is C[C@]12CC[C@H]3[C@@H](CCC4=CC(=O)CC[C@@H]43)[C@@H]1CC[C@@]21CCS(=O)O1. The summed E-state index contributed by atoms with van der Waals surface area (Å²) >= 11 is -1.06. The molecule has 3 saturated carbocycles. The van der Waals surface area contributed by atoms with E-state index in [2.05, 4.69) is 6.92 Å². The van der Waals surface area contributed by atoms with E-state index in [1.807, 2.05) is 6.08 Å². The number of hydrogen-bond donors (Lipinski definition) is 0. The maximum atomic E-state index is 12.0. The molecule has 4 fully saturated rings. The second-order valence-corrected chi connectivity index (χ2v) is 10.3. The van der Waals surface area contributed by atoms with Crippen LogP contribution in [0.15, 0.2) is 11.6 Å². The Hall–Kier alpha value is -0.480. The van der Waals surface area contributed by atoms with Crippen LogP contribution in [0, 0.1) is 29.1 Å². The van der Waals surface area contributed by atoms with Crippen LogP contribution in [0.5, 0.6) is 0 Å². The van der Waals surface area contributed by atoms with Gasteiger partial charge in [-0.15, -0.1) is 0 Å². The third-order valence-corrected chi connectivity index (χ3v) is 9.56. The fourth-order valence-corrected chi connectivity index (χ4v) is 8.62. The summed E-state index contributed by atoms with van der Waals surface area (Å²) in [6, 6.07) is 0. The third-order valence-electron chi connectivity index (χ3n) is 8.51. The average Bonchev–Trinajstić information content (AvgIpc) is 3.08. The molecule has 1 saturated heterocycles. The molecule has 24 heavy (non-hydrogen) atoms. The zero-order valence-corrected chi connectivity index (χ0v) is 15.4. The van der Waals surface area contributed by atoms with Gasteiger partial charge in [0.1, 0.15) is 0 Å². The Morgan fingerprint density at radius 1 is 1.08 bits per heavy atom. The quantitative estimate of drug-likeness (QED) is 0.666. The fourth-order valence-electron chi connectivity index (χ4n) is 7.33. The molecule has 1 aliphatic heterocycles. The van der Waals surface area contributed by atoms with Crippen molar-refractivity contribution in [1.29, 1.82) is 0 Å². The van der Waals surface area contributed by atoms with Gasteiger partial charge in [0.25, 0.3) is 0 Å². The standard InChI is InChI=1S/C20H28O3S/c1-19-8-6-16-15-5-3-14(21)12-13(15)2-4-17(16)18(19)7-9-20(19)10-11-24(22)23-20/h12,15-18H,2-11H2,1H3/t15-,16+,17+,18-,19-,20+,24?/m0/s1. The monoisotopic (exact) mass is 348 g/mol. The van der Waals surface area contributed by atoms with Crippen molar-refractivity contribution in [3.63, 3.8) is 0 Å². The van der Waals surface area contributed by atoms with Gasteiger partial charge >= 0.3 is 0 Å². The highest BCUT2D eigenvalue weighted by molar-refractivity contribution is 7.80. The molecule has 0 amide bonds. The predicted molar refractivity (Wildman–Crippen MR) is 93.5 cm³/mol. The topological polar surface area (TPSA) is 43.4 Å². The molecule has 1 spiro atoms. The second-order valence-electron chi connectivity index (χ2n) is 9.13. The highest BCUT2D eigenvalue weighted by atomic mass is 32.2. The van der Waals surface area contributed by atoms with Crippen molar-refractivity contribution in [1.82, 2.24) is 0 Å². The minimum absolute atomic E-state index is 0.105. The van der Waals surface area contributed by atoms with Crippen LogP contribution in [0.4, 0.5) is 0 Å². The van der Waals surface area contributed by atoms with Gasteiger partial charge in [0.05, 0.1) is 11.4 Å². The number of hydrogen-bond acceptors (Lipinski definition) is 3. The van der Waals surface area contributed by atoms with Crippen LogP contribution in [0.3, 0.4) is 0 Å². The molecule has 1 heterocycles. The molecule has 0 aromatic carbocycles. The van der Waals surface area contributed by atoms with Gasteiger partial charge < -0.3 is 0 Å². The first-order valence-corrected chi connectivity index (χ1v) is 11.1. The molecule has 0 N–H and O–H groups in total. The largest absolute Gasteiger partial charge is 0.295 e. The average molecular weight is 349 g/mol. The summed E-state index contributed by atoms with van der Waals surface area (Å²) in [5, 5.41) is 0. The summed E-state index contributed by atoms with van der Waals surface area (Å²) in [6.45, 7) is 2.44. The van der Waals surface area contributed by atoms with Gasteiger partial charge in [-0.3, -0.25) is 8.98 Å². The summed E-state index contributed by atoms with van der Waals surface area (Å²) in [5.74, 6) is 4.04. The van der Waals surface area contributed by atoms with Crippen molar-refractivity contribution >= 4 is 16.9 Å². The first-order chi connectivity index (χ1) is 11.5. The van der Waals surface area contributed by atoms with Gasteiger partial charge in [-0.25, -0.2) is 4.21 Å². The Morgan fingerprint density at radius 2 is 1.96 bits per heavy atom. The molecule has 3 nitrogen and oxygen atoms in total. The maximum Gasteiger partial charge on any atom is 0.156 e. The molecule has 4 aliphatic carbocycles. The Morgan fingerprint density at radius 3 is 2.75 bits per heavy atom. The van der Waals surface area contributed by atoms with Gasteiger partial charge in [-0.1, -0.05) is 12.5 Å². The van der Waals surface area contributed by atoms with Crippen molar-refractivity contribution in [2.45, 2.75) is 70.3 Å². The van der Waals surface area contributed by atoms with Crippen LogP contribution in [-0.2, 0) is 20.1 Å². The summed E-state index contributed by atoms with van der Waals surface area (Å²) in [4.78, 5) is 11.8. The van der Waals surface area contributed by atoms with E-state index >= 15 is 0 Å². The van der Waals surface area contributed by atoms with Gasteiger partial charge in [0.15, 0.2) is 16.9 Å². The van der Waals surface area contributed by atoms with Crippen LogP contribution in [0.1, 0.15) is 64.7 Å². The number of fused-ring (bicyclic) bond motifs is 6. The molecular formula is C20H28O3S. The lowest BCUT2D eigenvalue weighted by molar-refractivity contribution is -0.116. The summed E-state index contributed by atoms with van der Waals surface area (Å²) in [6.07, 6.45) is 12.0. The van der Waals surface area contributed by atoms with Crippen LogP contribution in [0.2, 0.25) is 0 Å². The molecule has 0 bridgehead atoms. The van der Waals surface area contributed by atoms with Crippen molar-refractivity contribution in [2.75, 3.05) is 5.75 Å². The minimum Gasteiger partial charge on any atom is -0.295 e. The molecule has 0 aromatic rings. The van der Waals surface area contributed by atoms with E-state index in [1.54, 1.807) is 0 Å². The molecule has 5 aliphatic rings. The zero-order chi connectivity index (χ0) is 16.5. The predicted octanol–water partition coefficient (Wildman–Crippen LogP) is 3.95. The number of allylic oxidation sites excluding steroid dienone is 1. The smallest absolute Gasteiger partial charge is 0.156 e. The first kappa shape index (κ1) is 15.7. The molecule has 1 unspecified atom stereocenters. The molecule has 7 atom stereocenters. The molecule has 0 aromatic heterocycles. The van der Waals surface area contributed by atoms with Gasteiger partial charge in [-0.05, 0) is 81.1 Å². The Labute approximate surface area is 147 Å². The summed E-state index contributed by atoms with van der Waals surface area (Å²) in [7, 11) is 0. The van der Waals surface area contributed by atoms with E-state index in [9.17, 15) is 9.00 Å². The minimum atomic E-state index is -1.06. The van der Waals surface area contributed by atoms with Gasteiger partial charge in [-0.2, -0.15) is 0 Å². The van der Waals surface area contributed by atoms with Crippen LogP contribution >= 0.6 is 0 Å². The maximum absolute atomic E-state index is 12.0. The lowest BCUT2D eigenvalue weighted by Crippen LogP contribution is -2.52. The van der Waals surface area contributed by atoms with Crippen molar-refractivity contribution in [2.24, 2.45) is 29.1 Å². The van der Waals surface area contributed by atoms with E-state index in [4.69, 9.17) is 4.18 Å². The molecule has 0 radical (unpaired) electrons. The molecule has 4 heteroatoms. The number of rotatable bonds is 0. The van der Waals surface area contributed by atoms with Crippen LogP contribution in [-0.4, -0.2) is 21.3 Å². The van der Waals surface area contributed by atoms with Crippen LogP contribution in [0.25, 0.3) is 0 Å². The van der Waals surface area contributed by atoms with Crippen molar-refractivity contribution in [3.8, 4) is 0 Å². The highest BCUT2D eigenvalue weighted by Gasteiger charge is 2.65. The van der Waals surface area contributed by atoms with Crippen LogP contribution < -0.4 is 0 Å². The number of carbonyl (C=O) groups excluding carboxylic acids is 1. The first-order valence-electron chi connectivity index (χ1n) is 9.84. The third kappa shape index (κ3) is 1.99. The Kier molecular flexibility index (Phi) is 3.45. The summed E-state index contributed by atoms with van der Waals surface area (Å²) < 4.78 is 18.1.